The number of esters is 1. The number of carbonyl (C=O) groups is 1. The van der Waals surface area contributed by atoms with E-state index in [2.05, 4.69) is 23.7 Å². The molecule has 2 unspecified atom stereocenters. The molecule has 19 heavy (non-hydrogen) atoms. The maximum atomic E-state index is 11.6. The lowest BCUT2D eigenvalue weighted by Gasteiger charge is -2.30. The van der Waals surface area contributed by atoms with Gasteiger partial charge in [-0.3, -0.25) is 0 Å². The fourth-order valence-corrected chi connectivity index (χ4v) is 2.74. The molecule has 0 saturated carbocycles. The zero-order valence-corrected chi connectivity index (χ0v) is 11.7. The number of nitrogen functional groups attached to an aromatic ring is 1. The van der Waals surface area contributed by atoms with Crippen LogP contribution in [0, 0.1) is 0 Å². The van der Waals surface area contributed by atoms with Gasteiger partial charge in [0.25, 0.3) is 0 Å². The fraction of sp³-hybridized carbons (Fsp3) is 0.571. The zero-order valence-electron chi connectivity index (χ0n) is 11.7. The summed E-state index contributed by atoms with van der Waals surface area (Å²) in [6.07, 6.45) is 3.32. The highest BCUT2D eigenvalue weighted by atomic mass is 16.5. The summed E-state index contributed by atoms with van der Waals surface area (Å²) in [4.78, 5) is 18.2. The van der Waals surface area contributed by atoms with Crippen molar-refractivity contribution in [2.45, 2.75) is 45.2 Å². The quantitative estimate of drug-likeness (QED) is 0.847. The van der Waals surface area contributed by atoms with Gasteiger partial charge in [0.15, 0.2) is 11.5 Å². The minimum atomic E-state index is -0.429. The highest BCUT2D eigenvalue weighted by Gasteiger charge is 2.31. The lowest BCUT2D eigenvalue weighted by Crippen LogP contribution is -2.35. The number of aromatic nitrogens is 1. The summed E-state index contributed by atoms with van der Waals surface area (Å²) in [5.41, 5.74) is 6.95. The van der Waals surface area contributed by atoms with E-state index in [-0.39, 0.29) is 0 Å². The summed E-state index contributed by atoms with van der Waals surface area (Å²) < 4.78 is 4.71. The molecule has 2 N–H and O–H groups in total. The number of ether oxygens (including phenoxy) is 1. The van der Waals surface area contributed by atoms with Gasteiger partial charge < -0.3 is 15.4 Å². The van der Waals surface area contributed by atoms with Gasteiger partial charge in [0.2, 0.25) is 0 Å². The van der Waals surface area contributed by atoms with Crippen molar-refractivity contribution in [3.8, 4) is 0 Å². The van der Waals surface area contributed by atoms with Gasteiger partial charge in [0.05, 0.1) is 12.8 Å². The van der Waals surface area contributed by atoms with Crippen LogP contribution in [0.4, 0.5) is 11.5 Å². The van der Waals surface area contributed by atoms with E-state index >= 15 is 0 Å². The minimum Gasteiger partial charge on any atom is -0.464 e. The molecule has 1 aliphatic rings. The predicted octanol–water partition coefficient (Wildman–Crippen LogP) is 2.22. The van der Waals surface area contributed by atoms with Crippen LogP contribution in [0.3, 0.4) is 0 Å². The molecule has 0 aromatic carbocycles. The molecule has 1 aliphatic heterocycles. The second-order valence-electron chi connectivity index (χ2n) is 5.00. The monoisotopic (exact) mass is 263 g/mol. The van der Waals surface area contributed by atoms with Crippen LogP contribution in [0.5, 0.6) is 0 Å². The molecular weight excluding hydrogens is 242 g/mol. The molecule has 0 spiro atoms. The molecule has 5 nitrogen and oxygen atoms in total. The van der Waals surface area contributed by atoms with Crippen LogP contribution < -0.4 is 10.6 Å². The molecule has 2 rings (SSSR count). The zero-order chi connectivity index (χ0) is 14.0. The second kappa shape index (κ2) is 5.47. The number of hydrogen-bond acceptors (Lipinski definition) is 5. The van der Waals surface area contributed by atoms with Crippen LogP contribution in [0.2, 0.25) is 0 Å². The van der Waals surface area contributed by atoms with Crippen LogP contribution in [-0.2, 0) is 4.74 Å². The third-order valence-corrected chi connectivity index (χ3v) is 3.80. The summed E-state index contributed by atoms with van der Waals surface area (Å²) >= 11 is 0. The molecule has 2 atom stereocenters. The first kappa shape index (κ1) is 13.6. The summed E-state index contributed by atoms with van der Waals surface area (Å²) in [7, 11) is 1.35. The molecule has 0 radical (unpaired) electrons. The minimum absolute atomic E-state index is 0.306. The van der Waals surface area contributed by atoms with Crippen LogP contribution in [0.1, 0.15) is 43.6 Å². The van der Waals surface area contributed by atoms with Crippen molar-refractivity contribution in [2.24, 2.45) is 0 Å². The Balaban J connectivity index is 2.40. The number of methoxy groups -OCH3 is 1. The Hall–Kier alpha value is -1.78. The Kier molecular flexibility index (Phi) is 3.93. The number of carbonyl (C=O) groups excluding carboxylic acids is 1. The van der Waals surface area contributed by atoms with Crippen molar-refractivity contribution in [2.75, 3.05) is 17.7 Å². The first-order valence-corrected chi connectivity index (χ1v) is 6.71. The van der Waals surface area contributed by atoms with E-state index in [4.69, 9.17) is 10.5 Å². The smallest absolute Gasteiger partial charge is 0.356 e. The van der Waals surface area contributed by atoms with E-state index in [9.17, 15) is 4.79 Å². The van der Waals surface area contributed by atoms with E-state index in [1.54, 1.807) is 12.1 Å². The SMILES string of the molecule is CCC1CCC(C)N1c1nc(C(=O)OC)ccc1N. The first-order valence-electron chi connectivity index (χ1n) is 6.71. The third kappa shape index (κ3) is 2.50. The van der Waals surface area contributed by atoms with Crippen molar-refractivity contribution in [1.29, 1.82) is 0 Å². The summed E-state index contributed by atoms with van der Waals surface area (Å²) in [6.45, 7) is 4.33. The van der Waals surface area contributed by atoms with Gasteiger partial charge in [-0.05, 0) is 38.3 Å². The number of pyridine rings is 1. The van der Waals surface area contributed by atoms with Crippen molar-refractivity contribution in [3.63, 3.8) is 0 Å². The van der Waals surface area contributed by atoms with Crippen molar-refractivity contribution in [1.82, 2.24) is 4.98 Å². The van der Waals surface area contributed by atoms with Crippen LogP contribution in [0.25, 0.3) is 0 Å². The highest BCUT2D eigenvalue weighted by molar-refractivity contribution is 5.88. The molecule has 104 valence electrons. The lowest BCUT2D eigenvalue weighted by atomic mass is 10.1. The normalized spacial score (nSPS) is 22.6. The average Bonchev–Trinajstić information content (AvgIpc) is 2.79. The van der Waals surface area contributed by atoms with Crippen molar-refractivity contribution < 1.29 is 9.53 Å². The molecule has 2 heterocycles. The molecule has 1 aromatic rings. The molecule has 0 aliphatic carbocycles. The van der Waals surface area contributed by atoms with Gasteiger partial charge >= 0.3 is 5.97 Å². The van der Waals surface area contributed by atoms with Gasteiger partial charge in [-0.2, -0.15) is 0 Å². The number of rotatable bonds is 3. The predicted molar refractivity (Wildman–Crippen MR) is 75.2 cm³/mol. The molecule has 5 heteroatoms. The van der Waals surface area contributed by atoms with Gasteiger partial charge in [-0.25, -0.2) is 9.78 Å². The Morgan fingerprint density at radius 3 is 2.89 bits per heavy atom. The van der Waals surface area contributed by atoms with E-state index in [1.165, 1.54) is 7.11 Å². The van der Waals surface area contributed by atoms with Crippen molar-refractivity contribution in [3.05, 3.63) is 17.8 Å². The Labute approximate surface area is 113 Å². The molecular formula is C14H21N3O2. The topological polar surface area (TPSA) is 68.5 Å². The first-order chi connectivity index (χ1) is 9.08. The maximum Gasteiger partial charge on any atom is 0.356 e. The van der Waals surface area contributed by atoms with Gasteiger partial charge in [0.1, 0.15) is 0 Å². The molecule has 1 fully saturated rings. The highest BCUT2D eigenvalue weighted by Crippen LogP contribution is 2.34. The maximum absolute atomic E-state index is 11.6. The number of nitrogens with zero attached hydrogens (tertiary/aromatic N) is 2. The van der Waals surface area contributed by atoms with Crippen molar-refractivity contribution >= 4 is 17.5 Å². The van der Waals surface area contributed by atoms with Crippen LogP contribution in [0.15, 0.2) is 12.1 Å². The van der Waals surface area contributed by atoms with Gasteiger partial charge in [-0.1, -0.05) is 6.92 Å². The van der Waals surface area contributed by atoms with Gasteiger partial charge in [-0.15, -0.1) is 0 Å². The Bertz CT molecular complexity index is 476. The summed E-state index contributed by atoms with van der Waals surface area (Å²) in [5.74, 6) is 0.279. The summed E-state index contributed by atoms with van der Waals surface area (Å²) in [6, 6.07) is 4.17. The molecule has 0 bridgehead atoms. The Morgan fingerprint density at radius 2 is 2.26 bits per heavy atom. The van der Waals surface area contributed by atoms with E-state index in [0.29, 0.717) is 29.3 Å². The Morgan fingerprint density at radius 1 is 1.53 bits per heavy atom. The summed E-state index contributed by atoms with van der Waals surface area (Å²) in [5, 5.41) is 0. The van der Waals surface area contributed by atoms with Crippen LogP contribution in [-0.4, -0.2) is 30.1 Å². The fourth-order valence-electron chi connectivity index (χ4n) is 2.74. The number of nitrogens with two attached hydrogens (primary N) is 1. The molecule has 1 aromatic heterocycles. The largest absolute Gasteiger partial charge is 0.464 e. The second-order valence-corrected chi connectivity index (χ2v) is 5.00. The molecule has 0 amide bonds. The van der Waals surface area contributed by atoms with Crippen LogP contribution >= 0.6 is 0 Å². The van der Waals surface area contributed by atoms with E-state index < -0.39 is 5.97 Å². The third-order valence-electron chi connectivity index (χ3n) is 3.80. The number of anilines is 2. The standard InChI is InChI=1S/C14H21N3O2/c1-4-10-6-5-9(2)17(10)13-11(15)7-8-12(16-13)14(18)19-3/h7-10H,4-6,15H2,1-3H3. The number of hydrogen-bond donors (Lipinski definition) is 1. The molecule has 1 saturated heterocycles. The lowest BCUT2D eigenvalue weighted by molar-refractivity contribution is 0.0594. The average molecular weight is 263 g/mol. The van der Waals surface area contributed by atoms with E-state index in [1.807, 2.05) is 0 Å². The van der Waals surface area contributed by atoms with E-state index in [0.717, 1.165) is 19.3 Å². The van der Waals surface area contributed by atoms with Gasteiger partial charge in [0, 0.05) is 12.1 Å².